The predicted octanol–water partition coefficient (Wildman–Crippen LogP) is 1.71. The molecular weight excluding hydrogens is 190 g/mol. The zero-order chi connectivity index (χ0) is 11.5. The molecule has 0 aromatic rings. The molecule has 1 unspecified atom stereocenters. The zero-order valence-electron chi connectivity index (χ0n) is 10.4. The van der Waals surface area contributed by atoms with E-state index in [2.05, 4.69) is 18.7 Å². The number of ketones is 1. The molecule has 3 nitrogen and oxygen atoms in total. The molecule has 0 spiro atoms. The monoisotopic (exact) mass is 213 g/mol. The highest BCUT2D eigenvalue weighted by Crippen LogP contribution is 2.17. The van der Waals surface area contributed by atoms with Crippen molar-refractivity contribution in [1.82, 2.24) is 4.90 Å². The molecule has 0 radical (unpaired) electrons. The summed E-state index contributed by atoms with van der Waals surface area (Å²) in [6.45, 7) is 11.7. The molecule has 1 saturated heterocycles. The van der Waals surface area contributed by atoms with E-state index in [4.69, 9.17) is 4.74 Å². The quantitative estimate of drug-likeness (QED) is 0.712. The lowest BCUT2D eigenvalue weighted by molar-refractivity contribution is -0.127. The molecule has 88 valence electrons. The number of piperidine rings is 1. The van der Waals surface area contributed by atoms with Crippen LogP contribution < -0.4 is 0 Å². The van der Waals surface area contributed by atoms with Crippen molar-refractivity contribution in [1.29, 1.82) is 0 Å². The molecule has 1 aliphatic rings. The van der Waals surface area contributed by atoms with Gasteiger partial charge in [0.2, 0.25) is 0 Å². The van der Waals surface area contributed by atoms with Crippen molar-refractivity contribution < 1.29 is 9.53 Å². The summed E-state index contributed by atoms with van der Waals surface area (Å²) in [5.41, 5.74) is -0.102. The molecular formula is C12H23NO2. The van der Waals surface area contributed by atoms with Gasteiger partial charge >= 0.3 is 0 Å². The first-order valence-corrected chi connectivity index (χ1v) is 5.83. The number of Topliss-reactive ketones (excluding diaryl/α,β-unsaturated/α-hetero) is 1. The Labute approximate surface area is 92.8 Å². The Hall–Kier alpha value is -0.410. The largest absolute Gasteiger partial charge is 0.375 e. The number of hydrogen-bond acceptors (Lipinski definition) is 3. The molecule has 0 bridgehead atoms. The van der Waals surface area contributed by atoms with E-state index in [-0.39, 0.29) is 11.5 Å². The fraction of sp³-hybridized carbons (Fsp3) is 0.917. The summed E-state index contributed by atoms with van der Waals surface area (Å²) in [7, 11) is 0. The minimum atomic E-state index is -0.102. The van der Waals surface area contributed by atoms with Crippen LogP contribution >= 0.6 is 0 Å². The van der Waals surface area contributed by atoms with Gasteiger partial charge in [-0.3, -0.25) is 9.69 Å². The zero-order valence-corrected chi connectivity index (χ0v) is 10.4. The van der Waals surface area contributed by atoms with Gasteiger partial charge in [0.15, 0.2) is 0 Å². The third-order valence-corrected chi connectivity index (χ3v) is 2.90. The second-order valence-electron chi connectivity index (χ2n) is 5.05. The topological polar surface area (TPSA) is 29.5 Å². The first kappa shape index (κ1) is 12.7. The van der Waals surface area contributed by atoms with Crippen molar-refractivity contribution in [2.75, 3.05) is 26.2 Å². The summed E-state index contributed by atoms with van der Waals surface area (Å²) in [6, 6.07) is 0. The van der Waals surface area contributed by atoms with E-state index in [0.717, 1.165) is 26.2 Å². The van der Waals surface area contributed by atoms with Gasteiger partial charge in [0.05, 0.1) is 5.60 Å². The minimum absolute atomic E-state index is 0.102. The second kappa shape index (κ2) is 5.08. The van der Waals surface area contributed by atoms with E-state index in [0.29, 0.717) is 12.2 Å². The van der Waals surface area contributed by atoms with Crippen LogP contribution in [0.15, 0.2) is 0 Å². The molecule has 1 rings (SSSR count). The molecule has 0 saturated carbocycles. The van der Waals surface area contributed by atoms with E-state index in [1.807, 2.05) is 13.8 Å². The van der Waals surface area contributed by atoms with Crippen LogP contribution in [0.5, 0.6) is 0 Å². The number of carbonyl (C=O) groups excluding carboxylic acids is 1. The Kier molecular flexibility index (Phi) is 4.29. The van der Waals surface area contributed by atoms with E-state index < -0.39 is 0 Å². The second-order valence-corrected chi connectivity index (χ2v) is 5.05. The molecule has 1 aliphatic heterocycles. The van der Waals surface area contributed by atoms with Gasteiger partial charge in [-0.15, -0.1) is 0 Å². The summed E-state index contributed by atoms with van der Waals surface area (Å²) < 4.78 is 5.67. The minimum Gasteiger partial charge on any atom is -0.375 e. The number of hydrogen-bond donors (Lipinski definition) is 0. The molecule has 3 heteroatoms. The number of rotatable bonds is 4. The van der Waals surface area contributed by atoms with Gasteiger partial charge in [-0.1, -0.05) is 6.92 Å². The highest BCUT2D eigenvalue weighted by Gasteiger charge is 2.28. The third kappa shape index (κ3) is 3.92. The van der Waals surface area contributed by atoms with Crippen molar-refractivity contribution in [2.24, 2.45) is 5.92 Å². The fourth-order valence-corrected chi connectivity index (χ4v) is 2.21. The van der Waals surface area contributed by atoms with Crippen LogP contribution in [-0.2, 0) is 9.53 Å². The molecule has 15 heavy (non-hydrogen) atoms. The summed E-state index contributed by atoms with van der Waals surface area (Å²) in [4.78, 5) is 13.7. The molecule has 0 aromatic heterocycles. The normalized spacial score (nSPS) is 24.5. The molecule has 0 aliphatic carbocycles. The number of likely N-dealkylation sites (tertiary alicyclic amines) is 1. The van der Waals surface area contributed by atoms with Crippen molar-refractivity contribution in [3.63, 3.8) is 0 Å². The van der Waals surface area contributed by atoms with Gasteiger partial charge in [0, 0.05) is 38.6 Å². The molecule has 1 heterocycles. The maximum Gasteiger partial charge on any atom is 0.138 e. The number of nitrogens with zero attached hydrogens (tertiary/aromatic N) is 1. The smallest absolute Gasteiger partial charge is 0.138 e. The van der Waals surface area contributed by atoms with Gasteiger partial charge in [0.25, 0.3) is 0 Å². The Morgan fingerprint density at radius 3 is 2.73 bits per heavy atom. The number of ether oxygens (including phenoxy) is 1. The molecule has 1 fully saturated rings. The average molecular weight is 213 g/mol. The van der Waals surface area contributed by atoms with Crippen LogP contribution in [0.3, 0.4) is 0 Å². The van der Waals surface area contributed by atoms with Gasteiger partial charge < -0.3 is 4.74 Å². The Balaban J connectivity index is 2.42. The maximum atomic E-state index is 11.4. The van der Waals surface area contributed by atoms with Crippen LogP contribution in [0.4, 0.5) is 0 Å². The van der Waals surface area contributed by atoms with Gasteiger partial charge in [-0.2, -0.15) is 0 Å². The summed E-state index contributed by atoms with van der Waals surface area (Å²) in [5.74, 6) is 0.594. The Morgan fingerprint density at radius 1 is 1.53 bits per heavy atom. The van der Waals surface area contributed by atoms with Crippen molar-refractivity contribution in [3.8, 4) is 0 Å². The lowest BCUT2D eigenvalue weighted by Gasteiger charge is -2.36. The predicted molar refractivity (Wildman–Crippen MR) is 60.9 cm³/mol. The van der Waals surface area contributed by atoms with Gasteiger partial charge in [-0.25, -0.2) is 0 Å². The summed E-state index contributed by atoms with van der Waals surface area (Å²) >= 11 is 0. The SMILES string of the molecule is CCOC(C)(C)CN1CCC(=O)C(C)C1. The van der Waals surface area contributed by atoms with E-state index >= 15 is 0 Å². The van der Waals surface area contributed by atoms with E-state index in [1.54, 1.807) is 0 Å². The molecule has 0 amide bonds. The van der Waals surface area contributed by atoms with E-state index in [9.17, 15) is 4.79 Å². The standard InChI is InChI=1S/C12H23NO2/c1-5-15-12(3,4)9-13-7-6-11(14)10(2)8-13/h10H,5-9H2,1-4H3. The lowest BCUT2D eigenvalue weighted by Crippen LogP contribution is -2.47. The van der Waals surface area contributed by atoms with Crippen molar-refractivity contribution in [2.45, 2.75) is 39.7 Å². The number of carbonyl (C=O) groups is 1. The van der Waals surface area contributed by atoms with Crippen LogP contribution in [0.2, 0.25) is 0 Å². The molecule has 0 aromatic carbocycles. The van der Waals surface area contributed by atoms with Crippen LogP contribution in [-0.4, -0.2) is 42.5 Å². The Morgan fingerprint density at radius 2 is 2.20 bits per heavy atom. The first-order chi connectivity index (χ1) is 6.94. The summed E-state index contributed by atoms with van der Waals surface area (Å²) in [5, 5.41) is 0. The molecule has 1 atom stereocenters. The highest BCUT2D eigenvalue weighted by molar-refractivity contribution is 5.81. The first-order valence-electron chi connectivity index (χ1n) is 5.83. The van der Waals surface area contributed by atoms with Gasteiger partial charge in [0.1, 0.15) is 5.78 Å². The maximum absolute atomic E-state index is 11.4. The average Bonchev–Trinajstić information content (AvgIpc) is 2.10. The summed E-state index contributed by atoms with van der Waals surface area (Å²) in [6.07, 6.45) is 0.698. The van der Waals surface area contributed by atoms with Crippen molar-refractivity contribution >= 4 is 5.78 Å². The van der Waals surface area contributed by atoms with Gasteiger partial charge in [-0.05, 0) is 20.8 Å². The fourth-order valence-electron chi connectivity index (χ4n) is 2.21. The van der Waals surface area contributed by atoms with Crippen LogP contribution in [0.25, 0.3) is 0 Å². The van der Waals surface area contributed by atoms with Crippen LogP contribution in [0, 0.1) is 5.92 Å². The van der Waals surface area contributed by atoms with E-state index in [1.165, 1.54) is 0 Å². The van der Waals surface area contributed by atoms with Crippen LogP contribution in [0.1, 0.15) is 34.1 Å². The third-order valence-electron chi connectivity index (χ3n) is 2.90. The lowest BCUT2D eigenvalue weighted by atomic mass is 9.97. The highest BCUT2D eigenvalue weighted by atomic mass is 16.5. The Bertz CT molecular complexity index is 226. The molecule has 0 N–H and O–H groups in total. The van der Waals surface area contributed by atoms with Crippen molar-refractivity contribution in [3.05, 3.63) is 0 Å².